The van der Waals surface area contributed by atoms with Crippen molar-refractivity contribution in [2.45, 2.75) is 13.8 Å². The summed E-state index contributed by atoms with van der Waals surface area (Å²) in [5.41, 5.74) is 4.02. The molecule has 9 heteroatoms. The van der Waals surface area contributed by atoms with Gasteiger partial charge in [0.1, 0.15) is 6.54 Å². The summed E-state index contributed by atoms with van der Waals surface area (Å²) in [7, 11) is 0. The molecule has 2 N–H and O–H groups in total. The number of urea groups is 1. The van der Waals surface area contributed by atoms with Crippen LogP contribution in [-0.2, 0) is 4.79 Å². The van der Waals surface area contributed by atoms with Crippen LogP contribution in [0.5, 0.6) is 0 Å². The number of nitrogens with one attached hydrogen (secondary N) is 2. The topological polar surface area (TPSA) is 105 Å². The van der Waals surface area contributed by atoms with Gasteiger partial charge in [-0.3, -0.25) is 4.79 Å². The lowest BCUT2D eigenvalue weighted by atomic mass is 10.1. The van der Waals surface area contributed by atoms with Gasteiger partial charge in [0, 0.05) is 24.3 Å². The number of hydrogen-bond donors (Lipinski definition) is 2. The molecule has 1 fully saturated rings. The van der Waals surface area contributed by atoms with E-state index >= 15 is 0 Å². The van der Waals surface area contributed by atoms with Crippen molar-refractivity contribution in [2.75, 3.05) is 25.0 Å². The first-order valence-electron chi connectivity index (χ1n) is 8.63. The molecule has 0 unspecified atom stereocenters. The molecule has 0 radical (unpaired) electrons. The van der Waals surface area contributed by atoms with Crippen molar-refractivity contribution in [1.29, 1.82) is 0 Å². The maximum Gasteiger partial charge on any atom is 0.317 e. The average molecular weight is 365 g/mol. The van der Waals surface area contributed by atoms with E-state index in [9.17, 15) is 9.59 Å². The summed E-state index contributed by atoms with van der Waals surface area (Å²) in [5.74, 6) is 0.321. The van der Waals surface area contributed by atoms with Gasteiger partial charge in [-0.2, -0.15) is 5.10 Å². The van der Waals surface area contributed by atoms with Crippen LogP contribution >= 0.6 is 0 Å². The zero-order chi connectivity index (χ0) is 19.0. The van der Waals surface area contributed by atoms with E-state index in [2.05, 4.69) is 25.7 Å². The summed E-state index contributed by atoms with van der Waals surface area (Å²) in [6.07, 6.45) is 1.83. The SMILES string of the molecule is Cc1nc2nc(-c3ccc(NC(=O)CN4CCNC4=O)cc3)cn2nc1C. The molecule has 3 amide bonds. The number of anilines is 1. The Bertz CT molecular complexity index is 987. The average Bonchev–Trinajstić information content (AvgIpc) is 3.22. The molecule has 0 atom stereocenters. The number of amides is 3. The largest absolute Gasteiger partial charge is 0.336 e. The molecular weight excluding hydrogens is 346 g/mol. The molecule has 27 heavy (non-hydrogen) atoms. The number of carbonyl (C=O) groups is 2. The molecule has 9 nitrogen and oxygen atoms in total. The molecule has 4 rings (SSSR count). The summed E-state index contributed by atoms with van der Waals surface area (Å²) in [5, 5.41) is 9.90. The van der Waals surface area contributed by atoms with Crippen molar-refractivity contribution in [3.63, 3.8) is 0 Å². The molecule has 0 spiro atoms. The van der Waals surface area contributed by atoms with Crippen molar-refractivity contribution >= 4 is 23.4 Å². The number of imidazole rings is 1. The number of rotatable bonds is 4. The lowest BCUT2D eigenvalue weighted by molar-refractivity contribution is -0.116. The Morgan fingerprint density at radius 3 is 2.67 bits per heavy atom. The van der Waals surface area contributed by atoms with Gasteiger partial charge >= 0.3 is 6.03 Å². The van der Waals surface area contributed by atoms with Gasteiger partial charge in [0.25, 0.3) is 5.78 Å². The molecule has 138 valence electrons. The van der Waals surface area contributed by atoms with Crippen molar-refractivity contribution < 1.29 is 9.59 Å². The van der Waals surface area contributed by atoms with Crippen LogP contribution in [0, 0.1) is 13.8 Å². The third-order valence-corrected chi connectivity index (χ3v) is 4.46. The van der Waals surface area contributed by atoms with Gasteiger partial charge in [-0.15, -0.1) is 0 Å². The lowest BCUT2D eigenvalue weighted by Crippen LogP contribution is -2.35. The second-order valence-electron chi connectivity index (χ2n) is 6.43. The molecule has 0 aliphatic carbocycles. The van der Waals surface area contributed by atoms with Crippen LogP contribution in [-0.4, -0.2) is 56.1 Å². The highest BCUT2D eigenvalue weighted by atomic mass is 16.2. The highest BCUT2D eigenvalue weighted by molar-refractivity contribution is 5.94. The van der Waals surface area contributed by atoms with Crippen molar-refractivity contribution in [1.82, 2.24) is 29.8 Å². The van der Waals surface area contributed by atoms with Crippen LogP contribution in [0.4, 0.5) is 10.5 Å². The van der Waals surface area contributed by atoms with E-state index < -0.39 is 0 Å². The Morgan fingerprint density at radius 1 is 1.19 bits per heavy atom. The van der Waals surface area contributed by atoms with Crippen LogP contribution < -0.4 is 10.6 Å². The number of benzene rings is 1. The first-order chi connectivity index (χ1) is 13.0. The predicted octanol–water partition coefficient (Wildman–Crippen LogP) is 1.37. The molecule has 0 saturated carbocycles. The Hall–Kier alpha value is -3.49. The van der Waals surface area contributed by atoms with Crippen LogP contribution in [0.1, 0.15) is 11.4 Å². The van der Waals surface area contributed by atoms with Gasteiger partial charge in [0.15, 0.2) is 0 Å². The maximum absolute atomic E-state index is 12.1. The standard InChI is InChI=1S/C18H19N7O2/c1-11-12(2)23-25-9-15(22-17(25)20-11)13-3-5-14(6-4-13)21-16(26)10-24-8-7-19-18(24)27/h3-6,9H,7-8,10H2,1-2H3,(H,19,27)(H,21,26). The first-order valence-corrected chi connectivity index (χ1v) is 8.63. The fourth-order valence-corrected chi connectivity index (χ4v) is 2.88. The monoisotopic (exact) mass is 365 g/mol. The normalized spacial score (nSPS) is 13.9. The van der Waals surface area contributed by atoms with Gasteiger partial charge in [-0.25, -0.2) is 19.3 Å². The molecule has 1 aromatic carbocycles. The molecule has 2 aromatic heterocycles. The van der Waals surface area contributed by atoms with Gasteiger partial charge in [-0.1, -0.05) is 12.1 Å². The van der Waals surface area contributed by atoms with Gasteiger partial charge in [-0.05, 0) is 26.0 Å². The van der Waals surface area contributed by atoms with E-state index in [-0.39, 0.29) is 18.5 Å². The number of nitrogens with zero attached hydrogens (tertiary/aromatic N) is 5. The second-order valence-corrected chi connectivity index (χ2v) is 6.43. The van der Waals surface area contributed by atoms with Gasteiger partial charge in [0.05, 0.1) is 23.3 Å². The Labute approximate surface area is 155 Å². The molecule has 3 aromatic rings. The van der Waals surface area contributed by atoms with E-state index in [1.807, 2.05) is 32.2 Å². The first kappa shape index (κ1) is 17.0. The van der Waals surface area contributed by atoms with E-state index in [4.69, 9.17) is 0 Å². The molecular formula is C18H19N7O2. The zero-order valence-corrected chi connectivity index (χ0v) is 15.1. The molecule has 0 bridgehead atoms. The highest BCUT2D eigenvalue weighted by Crippen LogP contribution is 2.21. The number of fused-ring (bicyclic) bond motifs is 1. The fraction of sp³-hybridized carbons (Fsp3) is 0.278. The second kappa shape index (κ2) is 6.67. The summed E-state index contributed by atoms with van der Waals surface area (Å²) in [4.78, 5) is 34.0. The van der Waals surface area contributed by atoms with E-state index in [1.54, 1.807) is 16.6 Å². The lowest BCUT2D eigenvalue weighted by Gasteiger charge is -2.13. The third kappa shape index (κ3) is 3.43. The fourth-order valence-electron chi connectivity index (χ4n) is 2.88. The third-order valence-electron chi connectivity index (χ3n) is 4.46. The van der Waals surface area contributed by atoms with Gasteiger partial charge < -0.3 is 15.5 Å². The molecule has 1 saturated heterocycles. The van der Waals surface area contributed by atoms with Crippen molar-refractivity contribution in [3.05, 3.63) is 41.9 Å². The number of aromatic nitrogens is 4. The number of hydrogen-bond acceptors (Lipinski definition) is 5. The van der Waals surface area contributed by atoms with E-state index in [1.165, 1.54) is 4.90 Å². The van der Waals surface area contributed by atoms with Crippen LogP contribution in [0.2, 0.25) is 0 Å². The van der Waals surface area contributed by atoms with E-state index in [0.29, 0.717) is 24.6 Å². The molecule has 3 heterocycles. The maximum atomic E-state index is 12.1. The van der Waals surface area contributed by atoms with Crippen LogP contribution in [0.15, 0.2) is 30.5 Å². The predicted molar refractivity (Wildman–Crippen MR) is 99.3 cm³/mol. The quantitative estimate of drug-likeness (QED) is 0.727. The summed E-state index contributed by atoms with van der Waals surface area (Å²) < 4.78 is 1.66. The Balaban J connectivity index is 1.47. The van der Waals surface area contributed by atoms with Crippen LogP contribution in [0.3, 0.4) is 0 Å². The van der Waals surface area contributed by atoms with E-state index in [0.717, 1.165) is 22.6 Å². The number of carbonyl (C=O) groups excluding carboxylic acids is 2. The van der Waals surface area contributed by atoms with Crippen LogP contribution in [0.25, 0.3) is 17.0 Å². The summed E-state index contributed by atoms with van der Waals surface area (Å²) >= 11 is 0. The van der Waals surface area contributed by atoms with Crippen molar-refractivity contribution in [3.8, 4) is 11.3 Å². The minimum Gasteiger partial charge on any atom is -0.336 e. The Kier molecular flexibility index (Phi) is 4.19. The summed E-state index contributed by atoms with van der Waals surface area (Å²) in [6.45, 7) is 4.96. The minimum absolute atomic E-state index is 0.0378. The molecule has 1 aliphatic heterocycles. The minimum atomic E-state index is -0.230. The zero-order valence-electron chi connectivity index (χ0n) is 15.1. The summed E-state index contributed by atoms with van der Waals surface area (Å²) in [6, 6.07) is 7.15. The van der Waals surface area contributed by atoms with Crippen molar-refractivity contribution in [2.24, 2.45) is 0 Å². The smallest absolute Gasteiger partial charge is 0.317 e. The highest BCUT2D eigenvalue weighted by Gasteiger charge is 2.21. The van der Waals surface area contributed by atoms with Gasteiger partial charge in [0.2, 0.25) is 5.91 Å². The molecule has 1 aliphatic rings. The number of aryl methyl sites for hydroxylation is 2. The Morgan fingerprint density at radius 2 is 1.96 bits per heavy atom.